The van der Waals surface area contributed by atoms with E-state index in [2.05, 4.69) is 5.32 Å². The molecule has 112 valence electrons. The smallest absolute Gasteiger partial charge is 0.130 e. The van der Waals surface area contributed by atoms with Gasteiger partial charge in [-0.3, -0.25) is 0 Å². The van der Waals surface area contributed by atoms with Crippen LogP contribution in [0.15, 0.2) is 36.4 Å². The van der Waals surface area contributed by atoms with Crippen molar-refractivity contribution in [2.45, 2.75) is 12.6 Å². The summed E-state index contributed by atoms with van der Waals surface area (Å²) in [5, 5.41) is 12.5. The molecule has 0 aromatic heterocycles. The summed E-state index contributed by atoms with van der Waals surface area (Å²) in [6.07, 6.45) is -1.27. The third-order valence-electron chi connectivity index (χ3n) is 2.99. The molecule has 0 amide bonds. The number of rotatable bonds is 5. The second-order valence-corrected chi connectivity index (χ2v) is 4.55. The highest BCUT2D eigenvalue weighted by molar-refractivity contribution is 5.22. The van der Waals surface area contributed by atoms with Gasteiger partial charge in [0.15, 0.2) is 0 Å². The van der Waals surface area contributed by atoms with E-state index in [1.165, 1.54) is 6.07 Å². The second-order valence-electron chi connectivity index (χ2n) is 4.55. The van der Waals surface area contributed by atoms with Gasteiger partial charge < -0.3 is 10.4 Å². The quantitative estimate of drug-likeness (QED) is 0.832. The van der Waals surface area contributed by atoms with Crippen LogP contribution < -0.4 is 5.32 Å². The summed E-state index contributed by atoms with van der Waals surface area (Å²) >= 11 is 0. The summed E-state index contributed by atoms with van der Waals surface area (Å²) in [5.41, 5.74) is 0.0328. The monoisotopic (exact) mass is 299 g/mol. The molecule has 0 radical (unpaired) electrons. The minimum Gasteiger partial charge on any atom is -0.387 e. The van der Waals surface area contributed by atoms with Crippen LogP contribution in [0.3, 0.4) is 0 Å². The molecule has 6 heteroatoms. The minimum atomic E-state index is -1.27. The summed E-state index contributed by atoms with van der Waals surface area (Å²) in [5.74, 6) is -2.78. The van der Waals surface area contributed by atoms with Gasteiger partial charge >= 0.3 is 0 Å². The molecule has 2 nitrogen and oxygen atoms in total. The Morgan fingerprint density at radius 2 is 1.57 bits per heavy atom. The van der Waals surface area contributed by atoms with Crippen LogP contribution in [-0.2, 0) is 6.54 Å². The van der Waals surface area contributed by atoms with E-state index < -0.39 is 29.4 Å². The lowest BCUT2D eigenvalue weighted by atomic mass is 10.1. The molecule has 0 bridgehead atoms. The SMILES string of the molecule is OC(CNCc1ccc(F)cc1F)c1cc(F)ccc1F. The molecule has 1 atom stereocenters. The number of hydrogen-bond donors (Lipinski definition) is 2. The highest BCUT2D eigenvalue weighted by Crippen LogP contribution is 2.18. The fraction of sp³-hybridized carbons (Fsp3) is 0.200. The summed E-state index contributed by atoms with van der Waals surface area (Å²) < 4.78 is 52.5. The fourth-order valence-electron chi connectivity index (χ4n) is 1.89. The molecule has 2 aromatic carbocycles. The van der Waals surface area contributed by atoms with Crippen molar-refractivity contribution in [2.75, 3.05) is 6.54 Å². The first kappa shape index (κ1) is 15.5. The number of aliphatic hydroxyl groups excluding tert-OH is 1. The molecular weight excluding hydrogens is 286 g/mol. The number of benzene rings is 2. The van der Waals surface area contributed by atoms with Gasteiger partial charge in [0.25, 0.3) is 0 Å². The molecule has 2 aromatic rings. The lowest BCUT2D eigenvalue weighted by molar-refractivity contribution is 0.169. The van der Waals surface area contributed by atoms with E-state index in [0.29, 0.717) is 0 Å². The van der Waals surface area contributed by atoms with Crippen molar-refractivity contribution in [2.24, 2.45) is 0 Å². The van der Waals surface area contributed by atoms with Gasteiger partial charge in [-0.2, -0.15) is 0 Å². The number of hydrogen-bond acceptors (Lipinski definition) is 2. The van der Waals surface area contributed by atoms with E-state index in [0.717, 1.165) is 30.3 Å². The van der Waals surface area contributed by atoms with E-state index in [1.807, 2.05) is 0 Å². The molecule has 1 unspecified atom stereocenters. The summed E-state index contributed by atoms with van der Waals surface area (Å²) in [6, 6.07) is 5.91. The highest BCUT2D eigenvalue weighted by atomic mass is 19.1. The van der Waals surface area contributed by atoms with Crippen LogP contribution in [0, 0.1) is 23.3 Å². The van der Waals surface area contributed by atoms with Crippen LogP contribution in [0.25, 0.3) is 0 Å². The first-order chi connectivity index (χ1) is 9.97. The number of nitrogens with one attached hydrogen (secondary N) is 1. The molecule has 2 rings (SSSR count). The normalized spacial score (nSPS) is 12.4. The van der Waals surface area contributed by atoms with Gasteiger partial charge in [-0.1, -0.05) is 6.07 Å². The summed E-state index contributed by atoms with van der Waals surface area (Å²) in [7, 11) is 0. The van der Waals surface area contributed by atoms with Crippen molar-refractivity contribution in [1.29, 1.82) is 0 Å². The van der Waals surface area contributed by atoms with Gasteiger partial charge in [-0.15, -0.1) is 0 Å². The van der Waals surface area contributed by atoms with Crippen LogP contribution in [0.1, 0.15) is 17.2 Å². The summed E-state index contributed by atoms with van der Waals surface area (Å²) in [6.45, 7) is -0.0721. The second kappa shape index (κ2) is 6.69. The Balaban J connectivity index is 1.95. The molecule has 0 spiro atoms. The van der Waals surface area contributed by atoms with Crippen LogP contribution in [-0.4, -0.2) is 11.7 Å². The Kier molecular flexibility index (Phi) is 4.93. The Morgan fingerprint density at radius 3 is 2.29 bits per heavy atom. The molecule has 0 saturated heterocycles. The molecule has 0 heterocycles. The minimum absolute atomic E-state index is 0.0279. The standard InChI is InChI=1S/C15H13F4NO/c16-10-3-4-13(18)12(5-10)15(21)8-20-7-9-1-2-11(17)6-14(9)19/h1-6,15,20-21H,7-8H2. The molecule has 21 heavy (non-hydrogen) atoms. The molecule has 0 aliphatic heterocycles. The molecule has 0 aliphatic rings. The lowest BCUT2D eigenvalue weighted by Crippen LogP contribution is -2.22. The van der Waals surface area contributed by atoms with Crippen molar-refractivity contribution < 1.29 is 22.7 Å². The van der Waals surface area contributed by atoms with E-state index in [4.69, 9.17) is 0 Å². The average molecular weight is 299 g/mol. The van der Waals surface area contributed by atoms with Gasteiger partial charge in [0, 0.05) is 30.3 Å². The zero-order chi connectivity index (χ0) is 15.4. The van der Waals surface area contributed by atoms with Crippen LogP contribution in [0.5, 0.6) is 0 Å². The molecule has 0 aliphatic carbocycles. The zero-order valence-corrected chi connectivity index (χ0v) is 10.9. The van der Waals surface area contributed by atoms with Gasteiger partial charge in [-0.25, -0.2) is 17.6 Å². The zero-order valence-electron chi connectivity index (χ0n) is 10.9. The first-order valence-corrected chi connectivity index (χ1v) is 6.25. The maximum Gasteiger partial charge on any atom is 0.130 e. The maximum atomic E-state index is 13.4. The van der Waals surface area contributed by atoms with E-state index >= 15 is 0 Å². The molecule has 2 N–H and O–H groups in total. The topological polar surface area (TPSA) is 32.3 Å². The van der Waals surface area contributed by atoms with Crippen LogP contribution in [0.2, 0.25) is 0 Å². The summed E-state index contributed by atoms with van der Waals surface area (Å²) in [4.78, 5) is 0. The van der Waals surface area contributed by atoms with E-state index in [-0.39, 0.29) is 24.2 Å². The first-order valence-electron chi connectivity index (χ1n) is 6.25. The number of aliphatic hydroxyl groups is 1. The van der Waals surface area contributed by atoms with Crippen LogP contribution in [0.4, 0.5) is 17.6 Å². The van der Waals surface area contributed by atoms with E-state index in [1.54, 1.807) is 0 Å². The predicted octanol–water partition coefficient (Wildman–Crippen LogP) is 3.07. The van der Waals surface area contributed by atoms with Gasteiger partial charge in [-0.05, 0) is 24.3 Å². The van der Waals surface area contributed by atoms with Crippen molar-refractivity contribution in [3.63, 3.8) is 0 Å². The highest BCUT2D eigenvalue weighted by Gasteiger charge is 2.14. The molecular formula is C15H13F4NO. The fourth-order valence-corrected chi connectivity index (χ4v) is 1.89. The Morgan fingerprint density at radius 1 is 0.905 bits per heavy atom. The van der Waals surface area contributed by atoms with Crippen molar-refractivity contribution in [1.82, 2.24) is 5.32 Å². The largest absolute Gasteiger partial charge is 0.387 e. The van der Waals surface area contributed by atoms with Gasteiger partial charge in [0.05, 0.1) is 6.10 Å². The average Bonchev–Trinajstić information content (AvgIpc) is 2.43. The van der Waals surface area contributed by atoms with Crippen molar-refractivity contribution in [3.8, 4) is 0 Å². The van der Waals surface area contributed by atoms with Crippen molar-refractivity contribution >= 4 is 0 Å². The van der Waals surface area contributed by atoms with Crippen LogP contribution >= 0.6 is 0 Å². The molecule has 0 saturated carbocycles. The van der Waals surface area contributed by atoms with Gasteiger partial charge in [0.1, 0.15) is 23.3 Å². The predicted molar refractivity (Wildman–Crippen MR) is 69.4 cm³/mol. The third-order valence-corrected chi connectivity index (χ3v) is 2.99. The Labute approximate surface area is 119 Å². The number of halogens is 4. The van der Waals surface area contributed by atoms with Gasteiger partial charge in [0.2, 0.25) is 0 Å². The maximum absolute atomic E-state index is 13.4. The Hall–Kier alpha value is -1.92. The van der Waals surface area contributed by atoms with E-state index in [9.17, 15) is 22.7 Å². The lowest BCUT2D eigenvalue weighted by Gasteiger charge is -2.13. The molecule has 0 fully saturated rings. The van der Waals surface area contributed by atoms with Crippen molar-refractivity contribution in [3.05, 3.63) is 70.8 Å². The Bertz CT molecular complexity index is 633. The third kappa shape index (κ3) is 4.03.